The van der Waals surface area contributed by atoms with Crippen LogP contribution in [0.2, 0.25) is 0 Å². The molecule has 0 aliphatic heterocycles. The number of nitrogens with zero attached hydrogens (tertiary/aromatic N) is 1. The summed E-state index contributed by atoms with van der Waals surface area (Å²) in [5.74, 6) is -0.413. The number of rotatable bonds is 3. The number of benzene rings is 1. The number of carbonyl (C=O) groups is 1. The zero-order chi connectivity index (χ0) is 17.4. The number of aryl methyl sites for hydroxylation is 1. The first-order valence-corrected chi connectivity index (χ1v) is 7.28. The van der Waals surface area contributed by atoms with Gasteiger partial charge < -0.3 is 9.88 Å². The van der Waals surface area contributed by atoms with Gasteiger partial charge in [0.2, 0.25) is 0 Å². The zero-order valence-corrected chi connectivity index (χ0v) is 13.5. The molecule has 1 N–H and O–H groups in total. The van der Waals surface area contributed by atoms with Crippen LogP contribution in [0.1, 0.15) is 47.2 Å². The maximum absolute atomic E-state index is 12.7. The second-order valence-electron chi connectivity index (χ2n) is 5.78. The third-order valence-electron chi connectivity index (χ3n) is 3.69. The number of anilines is 1. The smallest absolute Gasteiger partial charge is 0.346 e. The Bertz CT molecular complexity index is 730. The van der Waals surface area contributed by atoms with Crippen LogP contribution < -0.4 is 5.32 Å². The average Bonchev–Trinajstić information content (AvgIpc) is 2.73. The van der Waals surface area contributed by atoms with Gasteiger partial charge in [0.25, 0.3) is 5.91 Å². The fraction of sp³-hybridized carbons (Fsp3) is 0.353. The molecule has 0 saturated carbocycles. The predicted molar refractivity (Wildman–Crippen MR) is 83.7 cm³/mol. The van der Waals surface area contributed by atoms with Crippen molar-refractivity contribution in [2.45, 2.75) is 39.9 Å². The molecule has 0 fully saturated rings. The summed E-state index contributed by atoms with van der Waals surface area (Å²) in [6.45, 7) is 7.74. The third-order valence-corrected chi connectivity index (χ3v) is 3.69. The highest BCUT2D eigenvalue weighted by Gasteiger charge is 2.30. The minimum atomic E-state index is -4.44. The molecule has 0 bridgehead atoms. The van der Waals surface area contributed by atoms with E-state index < -0.39 is 17.6 Å². The van der Waals surface area contributed by atoms with Crippen molar-refractivity contribution in [3.63, 3.8) is 0 Å². The fourth-order valence-corrected chi connectivity index (χ4v) is 2.77. The monoisotopic (exact) mass is 324 g/mol. The highest BCUT2D eigenvalue weighted by Crippen LogP contribution is 2.31. The molecule has 0 aliphatic rings. The zero-order valence-electron chi connectivity index (χ0n) is 13.5. The summed E-state index contributed by atoms with van der Waals surface area (Å²) in [6, 6.07) is 6.56. The van der Waals surface area contributed by atoms with Crippen LogP contribution in [0.15, 0.2) is 30.3 Å². The fourth-order valence-electron chi connectivity index (χ4n) is 2.77. The maximum Gasteiger partial charge on any atom is 0.416 e. The van der Waals surface area contributed by atoms with Crippen LogP contribution in [0, 0.1) is 13.8 Å². The summed E-state index contributed by atoms with van der Waals surface area (Å²) >= 11 is 0. The molecule has 2 aromatic rings. The van der Waals surface area contributed by atoms with Gasteiger partial charge >= 0.3 is 6.18 Å². The number of carbonyl (C=O) groups excluding carboxylic acids is 1. The minimum Gasteiger partial charge on any atom is -0.346 e. The number of halogens is 3. The van der Waals surface area contributed by atoms with E-state index in [0.717, 1.165) is 23.5 Å². The summed E-state index contributed by atoms with van der Waals surface area (Å²) in [5, 5.41) is 2.54. The molecule has 0 saturated heterocycles. The lowest BCUT2D eigenvalue weighted by atomic mass is 10.1. The lowest BCUT2D eigenvalue weighted by Gasteiger charge is -2.14. The van der Waals surface area contributed by atoms with Crippen LogP contribution in [-0.4, -0.2) is 10.5 Å². The summed E-state index contributed by atoms with van der Waals surface area (Å²) in [4.78, 5) is 12.4. The Hall–Kier alpha value is -2.24. The van der Waals surface area contributed by atoms with Crippen molar-refractivity contribution >= 4 is 11.6 Å². The van der Waals surface area contributed by atoms with Crippen LogP contribution in [0.25, 0.3) is 0 Å². The summed E-state index contributed by atoms with van der Waals surface area (Å²) < 4.78 is 40.2. The average molecular weight is 324 g/mol. The van der Waals surface area contributed by atoms with Crippen LogP contribution in [-0.2, 0) is 6.18 Å². The van der Waals surface area contributed by atoms with E-state index in [1.807, 2.05) is 32.3 Å². The van der Waals surface area contributed by atoms with Crippen molar-refractivity contribution in [1.82, 2.24) is 4.57 Å². The maximum atomic E-state index is 12.7. The Morgan fingerprint density at radius 2 is 1.83 bits per heavy atom. The molecule has 0 spiro atoms. The van der Waals surface area contributed by atoms with Gasteiger partial charge in [-0.1, -0.05) is 6.07 Å². The van der Waals surface area contributed by atoms with Gasteiger partial charge in [-0.25, -0.2) is 0 Å². The van der Waals surface area contributed by atoms with E-state index in [0.29, 0.717) is 5.56 Å². The summed E-state index contributed by atoms with van der Waals surface area (Å²) in [5.41, 5.74) is 1.53. The highest BCUT2D eigenvalue weighted by atomic mass is 19.4. The second-order valence-corrected chi connectivity index (χ2v) is 5.78. The molecule has 1 aromatic heterocycles. The molecule has 0 unspecified atom stereocenters. The quantitative estimate of drug-likeness (QED) is 0.851. The lowest BCUT2D eigenvalue weighted by molar-refractivity contribution is -0.137. The second kappa shape index (κ2) is 6.10. The normalized spacial score (nSPS) is 11.8. The van der Waals surface area contributed by atoms with Gasteiger partial charge in [0.1, 0.15) is 0 Å². The van der Waals surface area contributed by atoms with Crippen molar-refractivity contribution < 1.29 is 18.0 Å². The molecule has 0 radical (unpaired) electrons. The van der Waals surface area contributed by atoms with Gasteiger partial charge in [-0.15, -0.1) is 0 Å². The van der Waals surface area contributed by atoms with Crippen molar-refractivity contribution in [2.24, 2.45) is 0 Å². The Morgan fingerprint density at radius 3 is 2.35 bits per heavy atom. The van der Waals surface area contributed by atoms with E-state index in [9.17, 15) is 18.0 Å². The topological polar surface area (TPSA) is 34.0 Å². The van der Waals surface area contributed by atoms with Crippen molar-refractivity contribution in [1.29, 1.82) is 0 Å². The van der Waals surface area contributed by atoms with Gasteiger partial charge in [-0.05, 0) is 52.0 Å². The predicted octanol–water partition coefficient (Wildman–Crippen LogP) is 4.96. The van der Waals surface area contributed by atoms with E-state index in [1.165, 1.54) is 12.1 Å². The minimum absolute atomic E-state index is 0.124. The van der Waals surface area contributed by atoms with Crippen LogP contribution in [0.3, 0.4) is 0 Å². The van der Waals surface area contributed by atoms with E-state index in [1.54, 1.807) is 6.07 Å². The molecule has 124 valence electrons. The number of hydrogen-bond donors (Lipinski definition) is 1. The molecular weight excluding hydrogens is 305 g/mol. The Kier molecular flexibility index (Phi) is 4.54. The number of alkyl halides is 3. The largest absolute Gasteiger partial charge is 0.416 e. The number of nitrogens with one attached hydrogen (secondary N) is 1. The third kappa shape index (κ3) is 3.57. The van der Waals surface area contributed by atoms with Crippen molar-refractivity contribution in [3.05, 3.63) is 52.8 Å². The van der Waals surface area contributed by atoms with E-state index >= 15 is 0 Å². The summed E-state index contributed by atoms with van der Waals surface area (Å²) in [7, 11) is 0. The van der Waals surface area contributed by atoms with Crippen LogP contribution in [0.5, 0.6) is 0 Å². The van der Waals surface area contributed by atoms with Crippen LogP contribution in [0.4, 0.5) is 18.9 Å². The van der Waals surface area contributed by atoms with Gasteiger partial charge in [0.05, 0.1) is 11.1 Å². The standard InChI is InChI=1S/C17H19F3N2O/c1-10(2)22-11(3)8-15(12(22)4)16(23)21-14-7-5-6-13(9-14)17(18,19)20/h5-10H,1-4H3,(H,21,23). The van der Waals surface area contributed by atoms with Crippen molar-refractivity contribution in [2.75, 3.05) is 5.32 Å². The van der Waals surface area contributed by atoms with Gasteiger partial charge in [-0.3, -0.25) is 4.79 Å². The first kappa shape index (κ1) is 17.1. The SMILES string of the molecule is Cc1cc(C(=O)Nc2cccc(C(F)(F)F)c2)c(C)n1C(C)C. The van der Waals surface area contributed by atoms with Gasteiger partial charge in [0, 0.05) is 23.1 Å². The Morgan fingerprint density at radius 1 is 1.17 bits per heavy atom. The first-order chi connectivity index (χ1) is 10.6. The van der Waals surface area contributed by atoms with Crippen molar-refractivity contribution in [3.8, 4) is 0 Å². The van der Waals surface area contributed by atoms with Crippen LogP contribution >= 0.6 is 0 Å². The van der Waals surface area contributed by atoms with E-state index in [-0.39, 0.29) is 11.7 Å². The Labute approximate surface area is 133 Å². The molecule has 3 nitrogen and oxygen atoms in total. The first-order valence-electron chi connectivity index (χ1n) is 7.28. The molecule has 0 aliphatic carbocycles. The summed E-state index contributed by atoms with van der Waals surface area (Å²) in [6.07, 6.45) is -4.44. The molecule has 1 amide bonds. The number of aromatic nitrogens is 1. The van der Waals surface area contributed by atoms with E-state index in [4.69, 9.17) is 0 Å². The lowest BCUT2D eigenvalue weighted by Crippen LogP contribution is -2.14. The molecule has 1 aromatic carbocycles. The molecule has 6 heteroatoms. The van der Waals surface area contributed by atoms with E-state index in [2.05, 4.69) is 5.32 Å². The number of amides is 1. The Balaban J connectivity index is 2.29. The van der Waals surface area contributed by atoms with Gasteiger partial charge in [-0.2, -0.15) is 13.2 Å². The number of hydrogen-bond acceptors (Lipinski definition) is 1. The van der Waals surface area contributed by atoms with Gasteiger partial charge in [0.15, 0.2) is 0 Å². The molecule has 23 heavy (non-hydrogen) atoms. The molecule has 1 heterocycles. The molecular formula is C17H19F3N2O. The molecule has 0 atom stereocenters. The highest BCUT2D eigenvalue weighted by molar-refractivity contribution is 6.05. The molecule has 2 rings (SSSR count).